The molecule has 0 spiro atoms. The number of H-pyrrole nitrogens is 1. The number of carbonyl (C=O) groups excluding carboxylic acids is 1. The maximum absolute atomic E-state index is 13.2. The molecule has 0 radical (unpaired) electrons. The van der Waals surface area contributed by atoms with E-state index in [1.54, 1.807) is 42.7 Å². The molecule has 0 bridgehead atoms. The normalized spacial score (nSPS) is 11.0. The van der Waals surface area contributed by atoms with E-state index in [2.05, 4.69) is 10.2 Å². The Kier molecular flexibility index (Phi) is 5.12. The van der Waals surface area contributed by atoms with E-state index in [1.165, 1.54) is 12.1 Å². The first-order chi connectivity index (χ1) is 12.6. The van der Waals surface area contributed by atoms with Gasteiger partial charge in [0.05, 0.1) is 24.1 Å². The second kappa shape index (κ2) is 7.65. The highest BCUT2D eigenvalue weighted by Crippen LogP contribution is 2.28. The van der Waals surface area contributed by atoms with Gasteiger partial charge in [0.2, 0.25) is 0 Å². The summed E-state index contributed by atoms with van der Waals surface area (Å²) in [5.74, 6) is -0.519. The third-order valence-electron chi connectivity index (χ3n) is 3.83. The standard InChI is InChI=1S/C20H18FN3O2/c1-2-26-11-10-13-4-3-5-15(12-13)19(25)17-18(23-24-20(17)22)14-6-8-16(21)9-7-14/h3-12H,2H2,1H3,(H3,22,23,24). The van der Waals surface area contributed by atoms with Crippen LogP contribution in [0.15, 0.2) is 54.8 Å². The highest BCUT2D eigenvalue weighted by atomic mass is 19.1. The molecule has 0 unspecified atom stereocenters. The number of ether oxygens (including phenoxy) is 1. The molecule has 5 nitrogen and oxygen atoms in total. The van der Waals surface area contributed by atoms with Gasteiger partial charge in [0.15, 0.2) is 11.6 Å². The van der Waals surface area contributed by atoms with Gasteiger partial charge in [0.25, 0.3) is 0 Å². The molecule has 0 saturated heterocycles. The SMILES string of the molecule is CCOC=Cc1cccc(C(=O)c2c(N)n[nH]c2-c2ccc(F)cc2)c1. The van der Waals surface area contributed by atoms with Crippen LogP contribution in [-0.4, -0.2) is 22.6 Å². The van der Waals surface area contributed by atoms with Gasteiger partial charge in [-0.15, -0.1) is 0 Å². The minimum Gasteiger partial charge on any atom is -0.501 e. The van der Waals surface area contributed by atoms with E-state index in [9.17, 15) is 9.18 Å². The molecule has 132 valence electrons. The fraction of sp³-hybridized carbons (Fsp3) is 0.100. The van der Waals surface area contributed by atoms with Crippen LogP contribution in [0.1, 0.15) is 28.4 Å². The summed E-state index contributed by atoms with van der Waals surface area (Å²) in [4.78, 5) is 13.0. The van der Waals surface area contributed by atoms with Crippen molar-refractivity contribution in [3.63, 3.8) is 0 Å². The van der Waals surface area contributed by atoms with Crippen LogP contribution in [0.5, 0.6) is 0 Å². The maximum atomic E-state index is 13.2. The van der Waals surface area contributed by atoms with Crippen LogP contribution in [0, 0.1) is 5.82 Å². The number of nitrogens with one attached hydrogen (secondary N) is 1. The van der Waals surface area contributed by atoms with Crippen molar-refractivity contribution in [2.24, 2.45) is 0 Å². The van der Waals surface area contributed by atoms with E-state index in [4.69, 9.17) is 10.5 Å². The van der Waals surface area contributed by atoms with E-state index in [1.807, 2.05) is 13.0 Å². The Morgan fingerprint density at radius 2 is 2.04 bits per heavy atom. The van der Waals surface area contributed by atoms with Gasteiger partial charge in [0, 0.05) is 11.1 Å². The summed E-state index contributed by atoms with van der Waals surface area (Å²) in [6.07, 6.45) is 3.36. The Morgan fingerprint density at radius 1 is 1.27 bits per heavy atom. The molecular weight excluding hydrogens is 333 g/mol. The number of benzene rings is 2. The number of halogens is 1. The van der Waals surface area contributed by atoms with Crippen molar-refractivity contribution in [2.45, 2.75) is 6.92 Å². The minimum absolute atomic E-state index is 0.101. The smallest absolute Gasteiger partial charge is 0.199 e. The lowest BCUT2D eigenvalue weighted by Crippen LogP contribution is -2.05. The summed E-state index contributed by atoms with van der Waals surface area (Å²) >= 11 is 0. The van der Waals surface area contributed by atoms with Crippen molar-refractivity contribution >= 4 is 17.7 Å². The zero-order valence-corrected chi connectivity index (χ0v) is 14.2. The van der Waals surface area contributed by atoms with Gasteiger partial charge in [-0.25, -0.2) is 4.39 Å². The zero-order valence-electron chi connectivity index (χ0n) is 14.2. The number of anilines is 1. The molecule has 6 heteroatoms. The van der Waals surface area contributed by atoms with E-state index >= 15 is 0 Å². The molecule has 0 saturated carbocycles. The van der Waals surface area contributed by atoms with Crippen LogP contribution in [0.25, 0.3) is 17.3 Å². The molecule has 0 fully saturated rings. The summed E-state index contributed by atoms with van der Waals surface area (Å²) < 4.78 is 18.4. The Morgan fingerprint density at radius 3 is 2.77 bits per heavy atom. The molecule has 0 aliphatic heterocycles. The van der Waals surface area contributed by atoms with Gasteiger partial charge in [-0.05, 0) is 48.9 Å². The quantitative estimate of drug-likeness (QED) is 0.519. The van der Waals surface area contributed by atoms with Crippen molar-refractivity contribution < 1.29 is 13.9 Å². The Labute approximate surface area is 150 Å². The van der Waals surface area contributed by atoms with Gasteiger partial charge in [-0.1, -0.05) is 18.2 Å². The summed E-state index contributed by atoms with van der Waals surface area (Å²) in [5.41, 5.74) is 8.57. The van der Waals surface area contributed by atoms with Crippen molar-refractivity contribution in [3.8, 4) is 11.3 Å². The van der Waals surface area contributed by atoms with Crippen molar-refractivity contribution in [1.82, 2.24) is 10.2 Å². The Bertz CT molecular complexity index is 946. The number of hydrogen-bond acceptors (Lipinski definition) is 4. The number of aromatic amines is 1. The van der Waals surface area contributed by atoms with Crippen LogP contribution in [-0.2, 0) is 4.74 Å². The molecule has 0 amide bonds. The largest absolute Gasteiger partial charge is 0.501 e. The number of aromatic nitrogens is 2. The Hall–Kier alpha value is -3.41. The average molecular weight is 351 g/mol. The summed E-state index contributed by atoms with van der Waals surface area (Å²) in [6.45, 7) is 2.46. The molecule has 0 atom stereocenters. The summed E-state index contributed by atoms with van der Waals surface area (Å²) in [6, 6.07) is 12.9. The van der Waals surface area contributed by atoms with Crippen LogP contribution in [0.3, 0.4) is 0 Å². The predicted molar refractivity (Wildman–Crippen MR) is 98.9 cm³/mol. The molecule has 0 aliphatic rings. The van der Waals surface area contributed by atoms with E-state index in [-0.39, 0.29) is 23.0 Å². The molecule has 3 N–H and O–H groups in total. The number of nitrogens with two attached hydrogens (primary N) is 1. The lowest BCUT2D eigenvalue weighted by molar-refractivity contribution is 0.104. The molecule has 1 aromatic heterocycles. The first-order valence-electron chi connectivity index (χ1n) is 8.13. The van der Waals surface area contributed by atoms with Gasteiger partial charge >= 0.3 is 0 Å². The number of nitrogens with zero attached hydrogens (tertiary/aromatic N) is 1. The molecule has 3 rings (SSSR count). The summed E-state index contributed by atoms with van der Waals surface area (Å²) in [7, 11) is 0. The first kappa shape index (κ1) is 17.4. The molecule has 1 heterocycles. The number of nitrogen functional groups attached to an aromatic ring is 1. The van der Waals surface area contributed by atoms with Gasteiger partial charge < -0.3 is 10.5 Å². The highest BCUT2D eigenvalue weighted by Gasteiger charge is 2.21. The van der Waals surface area contributed by atoms with Crippen LogP contribution in [0.4, 0.5) is 10.2 Å². The highest BCUT2D eigenvalue weighted by molar-refractivity contribution is 6.15. The van der Waals surface area contributed by atoms with Crippen molar-refractivity contribution in [3.05, 3.63) is 77.3 Å². The van der Waals surface area contributed by atoms with E-state index in [0.717, 1.165) is 5.56 Å². The molecule has 26 heavy (non-hydrogen) atoms. The number of hydrogen-bond donors (Lipinski definition) is 2. The second-order valence-corrected chi connectivity index (χ2v) is 5.58. The molecule has 0 aliphatic carbocycles. The average Bonchev–Trinajstić information content (AvgIpc) is 3.04. The van der Waals surface area contributed by atoms with Crippen LogP contribution >= 0.6 is 0 Å². The second-order valence-electron chi connectivity index (χ2n) is 5.58. The minimum atomic E-state index is -0.358. The Balaban J connectivity index is 1.97. The number of ketones is 1. The lowest BCUT2D eigenvalue weighted by atomic mass is 9.98. The summed E-state index contributed by atoms with van der Waals surface area (Å²) in [5, 5.41) is 6.71. The third kappa shape index (κ3) is 3.64. The topological polar surface area (TPSA) is 81.0 Å². The van der Waals surface area contributed by atoms with Gasteiger partial charge in [-0.2, -0.15) is 5.10 Å². The van der Waals surface area contributed by atoms with Crippen LogP contribution < -0.4 is 5.73 Å². The van der Waals surface area contributed by atoms with Crippen LogP contribution in [0.2, 0.25) is 0 Å². The predicted octanol–water partition coefficient (Wildman–Crippen LogP) is 4.04. The molecule has 2 aromatic carbocycles. The fourth-order valence-corrected chi connectivity index (χ4v) is 2.56. The monoisotopic (exact) mass is 351 g/mol. The fourth-order valence-electron chi connectivity index (χ4n) is 2.56. The van der Waals surface area contributed by atoms with Gasteiger partial charge in [0.1, 0.15) is 5.82 Å². The third-order valence-corrected chi connectivity index (χ3v) is 3.83. The number of rotatable bonds is 6. The van der Waals surface area contributed by atoms with E-state index < -0.39 is 0 Å². The first-order valence-corrected chi connectivity index (χ1v) is 8.13. The molecular formula is C20H18FN3O2. The van der Waals surface area contributed by atoms with Gasteiger partial charge in [-0.3, -0.25) is 9.89 Å². The molecule has 3 aromatic rings. The zero-order chi connectivity index (χ0) is 18.5. The number of carbonyl (C=O) groups is 1. The lowest BCUT2D eigenvalue weighted by Gasteiger charge is -2.05. The van der Waals surface area contributed by atoms with Crippen molar-refractivity contribution in [1.29, 1.82) is 0 Å². The maximum Gasteiger partial charge on any atom is 0.199 e. The van der Waals surface area contributed by atoms with Crippen molar-refractivity contribution in [2.75, 3.05) is 12.3 Å². The van der Waals surface area contributed by atoms with E-state index in [0.29, 0.717) is 23.4 Å².